The first-order chi connectivity index (χ1) is 7.04. The zero-order chi connectivity index (χ0) is 11.2. The van der Waals surface area contributed by atoms with Crippen molar-refractivity contribution in [2.75, 3.05) is 18.0 Å². The largest absolute Gasteiger partial charge is 0.366 e. The van der Waals surface area contributed by atoms with Crippen LogP contribution in [0.4, 0.5) is 27.6 Å². The predicted molar refractivity (Wildman–Crippen MR) is 43.1 cm³/mol. The van der Waals surface area contributed by atoms with Gasteiger partial charge < -0.3 is 4.90 Å². The first kappa shape index (κ1) is 10.2. The second kappa shape index (κ2) is 3.36. The van der Waals surface area contributed by atoms with Crippen LogP contribution in [0, 0.1) is 29.1 Å². The van der Waals surface area contributed by atoms with Gasteiger partial charge in [0, 0.05) is 13.1 Å². The Bertz CT molecular complexity index is 384. The van der Waals surface area contributed by atoms with Crippen molar-refractivity contribution in [3.8, 4) is 0 Å². The summed E-state index contributed by atoms with van der Waals surface area (Å²) in [7, 11) is 0. The molecule has 6 heteroatoms. The van der Waals surface area contributed by atoms with Gasteiger partial charge in [-0.15, -0.1) is 0 Å². The second-order valence-corrected chi connectivity index (χ2v) is 3.26. The number of anilines is 1. The first-order valence-corrected chi connectivity index (χ1v) is 4.30. The molecule has 1 aliphatic heterocycles. The Morgan fingerprint density at radius 3 is 1.40 bits per heavy atom. The summed E-state index contributed by atoms with van der Waals surface area (Å²) in [6.45, 7) is 0.608. The van der Waals surface area contributed by atoms with Gasteiger partial charge in [-0.3, -0.25) is 0 Å². The van der Waals surface area contributed by atoms with Crippen LogP contribution < -0.4 is 4.90 Å². The lowest BCUT2D eigenvalue weighted by atomic mass is 10.1. The third-order valence-corrected chi connectivity index (χ3v) is 2.36. The molecule has 1 aromatic rings. The number of nitrogens with zero attached hydrogens (tertiary/aromatic N) is 1. The van der Waals surface area contributed by atoms with E-state index in [1.807, 2.05) is 0 Å². The molecule has 0 atom stereocenters. The summed E-state index contributed by atoms with van der Waals surface area (Å²) in [5.41, 5.74) is -0.822. The average molecular weight is 223 g/mol. The third-order valence-electron chi connectivity index (χ3n) is 2.36. The van der Waals surface area contributed by atoms with Crippen molar-refractivity contribution in [3.63, 3.8) is 0 Å². The Labute approximate surface area is 82.1 Å². The van der Waals surface area contributed by atoms with Gasteiger partial charge in [-0.25, -0.2) is 22.0 Å². The highest BCUT2D eigenvalue weighted by molar-refractivity contribution is 5.52. The molecule has 0 spiro atoms. The molecule has 0 saturated carbocycles. The van der Waals surface area contributed by atoms with Crippen molar-refractivity contribution in [1.29, 1.82) is 0 Å². The fraction of sp³-hybridized carbons (Fsp3) is 0.333. The standard InChI is InChI=1S/C9H6F5N/c10-4-5(11)7(13)9(8(14)6(4)12)15-2-1-3-15/h1-3H2. The van der Waals surface area contributed by atoms with Crippen LogP contribution in [0.1, 0.15) is 6.42 Å². The van der Waals surface area contributed by atoms with E-state index in [1.54, 1.807) is 0 Å². The van der Waals surface area contributed by atoms with Gasteiger partial charge in [-0.2, -0.15) is 0 Å². The Kier molecular flexibility index (Phi) is 2.28. The summed E-state index contributed by atoms with van der Waals surface area (Å²) in [5, 5.41) is 0. The fourth-order valence-corrected chi connectivity index (χ4v) is 1.41. The van der Waals surface area contributed by atoms with Crippen LogP contribution in [0.3, 0.4) is 0 Å². The lowest BCUT2D eigenvalue weighted by Crippen LogP contribution is -2.38. The molecule has 1 fully saturated rings. The van der Waals surface area contributed by atoms with Crippen LogP contribution in [0.25, 0.3) is 0 Å². The van der Waals surface area contributed by atoms with Crippen molar-refractivity contribution in [2.45, 2.75) is 6.42 Å². The minimum absolute atomic E-state index is 0.304. The first-order valence-electron chi connectivity index (χ1n) is 4.30. The molecule has 82 valence electrons. The summed E-state index contributed by atoms with van der Waals surface area (Å²) in [4.78, 5) is 1.12. The number of rotatable bonds is 1. The molecule has 0 amide bonds. The number of benzene rings is 1. The average Bonchev–Trinajstić information content (AvgIpc) is 2.15. The smallest absolute Gasteiger partial charge is 0.200 e. The van der Waals surface area contributed by atoms with E-state index in [0.717, 1.165) is 4.90 Å². The van der Waals surface area contributed by atoms with Crippen LogP contribution in [-0.2, 0) is 0 Å². The van der Waals surface area contributed by atoms with E-state index < -0.39 is 34.8 Å². The van der Waals surface area contributed by atoms with Crippen molar-refractivity contribution in [3.05, 3.63) is 29.1 Å². The molecule has 1 aromatic carbocycles. The highest BCUT2D eigenvalue weighted by Gasteiger charge is 2.30. The molecular weight excluding hydrogens is 217 g/mol. The summed E-state index contributed by atoms with van der Waals surface area (Å²) < 4.78 is 64.3. The van der Waals surface area contributed by atoms with E-state index in [2.05, 4.69) is 0 Å². The normalized spacial score (nSPS) is 15.4. The zero-order valence-electron chi connectivity index (χ0n) is 7.46. The van der Waals surface area contributed by atoms with E-state index in [0.29, 0.717) is 19.5 Å². The molecule has 0 aliphatic carbocycles. The van der Waals surface area contributed by atoms with Gasteiger partial charge in [0.2, 0.25) is 5.82 Å². The lowest BCUT2D eigenvalue weighted by Gasteiger charge is -2.33. The molecule has 0 radical (unpaired) electrons. The van der Waals surface area contributed by atoms with Gasteiger partial charge in [-0.05, 0) is 6.42 Å². The topological polar surface area (TPSA) is 3.24 Å². The number of halogens is 5. The Hall–Kier alpha value is -1.33. The Morgan fingerprint density at radius 1 is 0.667 bits per heavy atom. The number of hydrogen-bond donors (Lipinski definition) is 0. The van der Waals surface area contributed by atoms with E-state index >= 15 is 0 Å². The highest BCUT2D eigenvalue weighted by Crippen LogP contribution is 2.32. The molecular formula is C9H6F5N. The van der Waals surface area contributed by atoms with Gasteiger partial charge in [0.05, 0.1) is 0 Å². The summed E-state index contributed by atoms with van der Waals surface area (Å²) in [5.74, 6) is -9.42. The molecule has 1 heterocycles. The molecule has 0 bridgehead atoms. The van der Waals surface area contributed by atoms with Crippen LogP contribution >= 0.6 is 0 Å². The molecule has 2 rings (SSSR count). The van der Waals surface area contributed by atoms with Crippen molar-refractivity contribution >= 4 is 5.69 Å². The lowest BCUT2D eigenvalue weighted by molar-refractivity contribution is 0.375. The minimum atomic E-state index is -2.12. The van der Waals surface area contributed by atoms with Gasteiger partial charge >= 0.3 is 0 Å². The summed E-state index contributed by atoms with van der Waals surface area (Å²) in [6, 6.07) is 0. The van der Waals surface area contributed by atoms with Crippen LogP contribution in [0.15, 0.2) is 0 Å². The van der Waals surface area contributed by atoms with E-state index in [-0.39, 0.29) is 0 Å². The maximum atomic E-state index is 13.1. The maximum absolute atomic E-state index is 13.1. The van der Waals surface area contributed by atoms with Crippen molar-refractivity contribution in [2.24, 2.45) is 0 Å². The Morgan fingerprint density at radius 2 is 1.07 bits per heavy atom. The zero-order valence-corrected chi connectivity index (χ0v) is 7.46. The van der Waals surface area contributed by atoms with Gasteiger partial charge in [-0.1, -0.05) is 0 Å². The van der Waals surface area contributed by atoms with Crippen molar-refractivity contribution in [1.82, 2.24) is 0 Å². The van der Waals surface area contributed by atoms with E-state index in [1.165, 1.54) is 0 Å². The third kappa shape index (κ3) is 1.35. The quantitative estimate of drug-likeness (QED) is 0.402. The second-order valence-electron chi connectivity index (χ2n) is 3.26. The van der Waals surface area contributed by atoms with Gasteiger partial charge in [0.25, 0.3) is 0 Å². The van der Waals surface area contributed by atoms with Crippen LogP contribution in [0.5, 0.6) is 0 Å². The monoisotopic (exact) mass is 223 g/mol. The maximum Gasteiger partial charge on any atom is 0.200 e. The molecule has 0 N–H and O–H groups in total. The molecule has 1 nitrogen and oxygen atoms in total. The van der Waals surface area contributed by atoms with Gasteiger partial charge in [0.1, 0.15) is 5.69 Å². The predicted octanol–water partition coefficient (Wildman–Crippen LogP) is 2.59. The van der Waals surface area contributed by atoms with E-state index in [4.69, 9.17) is 0 Å². The number of hydrogen-bond acceptors (Lipinski definition) is 1. The molecule has 15 heavy (non-hydrogen) atoms. The van der Waals surface area contributed by atoms with Crippen molar-refractivity contribution < 1.29 is 22.0 Å². The van der Waals surface area contributed by atoms with Crippen LogP contribution in [-0.4, -0.2) is 13.1 Å². The molecule has 0 aromatic heterocycles. The van der Waals surface area contributed by atoms with E-state index in [9.17, 15) is 22.0 Å². The van der Waals surface area contributed by atoms with Crippen LogP contribution in [0.2, 0.25) is 0 Å². The molecule has 1 aliphatic rings. The summed E-state index contributed by atoms with van der Waals surface area (Å²) in [6.07, 6.45) is 0.680. The fourth-order valence-electron chi connectivity index (χ4n) is 1.41. The SMILES string of the molecule is Fc1c(F)c(F)c(N2CCC2)c(F)c1F. The van der Waals surface area contributed by atoms with Gasteiger partial charge in [0.15, 0.2) is 23.3 Å². The Balaban J connectivity index is 2.62. The molecule has 1 saturated heterocycles. The highest BCUT2D eigenvalue weighted by atomic mass is 19.2. The summed E-state index contributed by atoms with van der Waals surface area (Å²) >= 11 is 0. The molecule has 0 unspecified atom stereocenters. The minimum Gasteiger partial charge on any atom is -0.366 e.